The van der Waals surface area contributed by atoms with E-state index in [1.54, 1.807) is 0 Å². The van der Waals surface area contributed by atoms with Crippen LogP contribution < -0.4 is 11.1 Å². The summed E-state index contributed by atoms with van der Waals surface area (Å²) in [5.41, 5.74) is 5.53. The zero-order chi connectivity index (χ0) is 13.8. The SMILES string of the molecule is NC(CCC(=O)O)C(=O)NC1CCCS(=O)(=O)C1. The number of sulfone groups is 1. The van der Waals surface area contributed by atoms with E-state index < -0.39 is 33.8 Å². The maximum Gasteiger partial charge on any atom is 0.303 e. The molecule has 0 aliphatic carbocycles. The van der Waals surface area contributed by atoms with Crippen molar-refractivity contribution in [2.45, 2.75) is 37.8 Å². The van der Waals surface area contributed by atoms with Gasteiger partial charge in [0, 0.05) is 12.5 Å². The van der Waals surface area contributed by atoms with E-state index in [9.17, 15) is 18.0 Å². The molecule has 0 bridgehead atoms. The van der Waals surface area contributed by atoms with Gasteiger partial charge < -0.3 is 16.2 Å². The third-order valence-electron chi connectivity index (χ3n) is 2.82. The Morgan fingerprint density at radius 1 is 1.44 bits per heavy atom. The van der Waals surface area contributed by atoms with Crippen LogP contribution in [0, 0.1) is 0 Å². The van der Waals surface area contributed by atoms with Crippen molar-refractivity contribution in [1.82, 2.24) is 5.32 Å². The van der Waals surface area contributed by atoms with Gasteiger partial charge in [-0.3, -0.25) is 9.59 Å². The summed E-state index contributed by atoms with van der Waals surface area (Å²) in [5.74, 6) is -1.41. The Morgan fingerprint density at radius 2 is 2.11 bits per heavy atom. The first-order valence-electron chi connectivity index (χ1n) is 5.78. The molecule has 4 N–H and O–H groups in total. The molecule has 1 fully saturated rings. The second-order valence-corrected chi connectivity index (χ2v) is 6.73. The Bertz CT molecular complexity index is 420. The van der Waals surface area contributed by atoms with E-state index in [1.807, 2.05) is 0 Å². The number of amides is 1. The molecule has 18 heavy (non-hydrogen) atoms. The Labute approximate surface area is 106 Å². The number of aliphatic carboxylic acids is 1. The summed E-state index contributed by atoms with van der Waals surface area (Å²) in [6.07, 6.45) is 0.993. The van der Waals surface area contributed by atoms with Crippen LogP contribution in [0.5, 0.6) is 0 Å². The molecule has 1 aliphatic rings. The molecule has 0 aromatic heterocycles. The van der Waals surface area contributed by atoms with Gasteiger partial charge in [0.25, 0.3) is 0 Å². The van der Waals surface area contributed by atoms with Gasteiger partial charge in [0.2, 0.25) is 5.91 Å². The first kappa shape index (κ1) is 14.9. The molecular weight excluding hydrogens is 260 g/mol. The number of carbonyl (C=O) groups excluding carboxylic acids is 1. The van der Waals surface area contributed by atoms with Crippen molar-refractivity contribution in [3.63, 3.8) is 0 Å². The lowest BCUT2D eigenvalue weighted by Crippen LogP contribution is -2.49. The van der Waals surface area contributed by atoms with Crippen molar-refractivity contribution in [1.29, 1.82) is 0 Å². The van der Waals surface area contributed by atoms with Crippen LogP contribution in [0.25, 0.3) is 0 Å². The van der Waals surface area contributed by atoms with Gasteiger partial charge in [0.15, 0.2) is 9.84 Å². The predicted molar refractivity (Wildman–Crippen MR) is 64.7 cm³/mol. The van der Waals surface area contributed by atoms with Crippen molar-refractivity contribution in [3.05, 3.63) is 0 Å². The van der Waals surface area contributed by atoms with Crippen LogP contribution in [0.1, 0.15) is 25.7 Å². The van der Waals surface area contributed by atoms with E-state index in [0.717, 1.165) is 0 Å². The Kier molecular flexibility index (Phi) is 5.09. The average molecular weight is 278 g/mol. The number of nitrogens with two attached hydrogens (primary N) is 1. The minimum absolute atomic E-state index is 0.0423. The van der Waals surface area contributed by atoms with Gasteiger partial charge in [-0.2, -0.15) is 0 Å². The second-order valence-electron chi connectivity index (χ2n) is 4.50. The molecule has 7 nitrogen and oxygen atoms in total. The van der Waals surface area contributed by atoms with Crippen LogP contribution in [-0.2, 0) is 19.4 Å². The molecule has 2 unspecified atom stereocenters. The standard InChI is InChI=1S/C10H18N2O5S/c11-8(3-4-9(13)14)10(15)12-7-2-1-5-18(16,17)6-7/h7-8H,1-6,11H2,(H,12,15)(H,13,14). The number of hydrogen-bond donors (Lipinski definition) is 3. The zero-order valence-corrected chi connectivity index (χ0v) is 10.8. The monoisotopic (exact) mass is 278 g/mol. The molecule has 1 saturated heterocycles. The van der Waals surface area contributed by atoms with Crippen LogP contribution in [0.15, 0.2) is 0 Å². The lowest BCUT2D eigenvalue weighted by molar-refractivity contribution is -0.137. The van der Waals surface area contributed by atoms with E-state index in [4.69, 9.17) is 10.8 Å². The highest BCUT2D eigenvalue weighted by atomic mass is 32.2. The summed E-state index contributed by atoms with van der Waals surface area (Å²) in [6.45, 7) is 0. The first-order chi connectivity index (χ1) is 8.30. The molecule has 0 spiro atoms. The van der Waals surface area contributed by atoms with Crippen LogP contribution in [-0.4, -0.2) is 49.0 Å². The lowest BCUT2D eigenvalue weighted by Gasteiger charge is -2.24. The van der Waals surface area contributed by atoms with E-state index >= 15 is 0 Å². The number of hydrogen-bond acceptors (Lipinski definition) is 5. The van der Waals surface area contributed by atoms with Gasteiger partial charge in [-0.25, -0.2) is 8.42 Å². The highest BCUT2D eigenvalue weighted by molar-refractivity contribution is 7.91. The fourth-order valence-corrected chi connectivity index (χ4v) is 3.49. The number of carboxylic acid groups (broad SMARTS) is 1. The van der Waals surface area contributed by atoms with Crippen LogP contribution >= 0.6 is 0 Å². The molecule has 2 atom stereocenters. The summed E-state index contributed by atoms with van der Waals surface area (Å²) in [4.78, 5) is 21.9. The minimum atomic E-state index is -3.08. The van der Waals surface area contributed by atoms with Crippen molar-refractivity contribution >= 4 is 21.7 Å². The maximum atomic E-state index is 11.6. The van der Waals surface area contributed by atoms with Crippen molar-refractivity contribution < 1.29 is 23.1 Å². The Balaban J connectivity index is 2.41. The number of carboxylic acids is 1. The molecule has 8 heteroatoms. The molecule has 0 saturated carbocycles. The normalized spacial score (nSPS) is 24.2. The van der Waals surface area contributed by atoms with Gasteiger partial charge in [0.05, 0.1) is 17.5 Å². The summed E-state index contributed by atoms with van der Waals surface area (Å²) in [6, 6.07) is -1.32. The molecule has 0 radical (unpaired) electrons. The summed E-state index contributed by atoms with van der Waals surface area (Å²) < 4.78 is 22.7. The maximum absolute atomic E-state index is 11.6. The Hall–Kier alpha value is -1.15. The molecule has 0 aromatic rings. The summed E-state index contributed by atoms with van der Waals surface area (Å²) >= 11 is 0. The van der Waals surface area contributed by atoms with Gasteiger partial charge in [0.1, 0.15) is 0 Å². The topological polar surface area (TPSA) is 127 Å². The van der Waals surface area contributed by atoms with Crippen LogP contribution in [0.3, 0.4) is 0 Å². The Morgan fingerprint density at radius 3 is 2.67 bits per heavy atom. The van der Waals surface area contributed by atoms with Crippen LogP contribution in [0.2, 0.25) is 0 Å². The van der Waals surface area contributed by atoms with Gasteiger partial charge in [-0.15, -0.1) is 0 Å². The van der Waals surface area contributed by atoms with Crippen LogP contribution in [0.4, 0.5) is 0 Å². The zero-order valence-electron chi connectivity index (χ0n) is 9.96. The smallest absolute Gasteiger partial charge is 0.303 e. The number of nitrogens with one attached hydrogen (secondary N) is 1. The minimum Gasteiger partial charge on any atom is -0.481 e. The molecule has 0 aromatic carbocycles. The largest absolute Gasteiger partial charge is 0.481 e. The van der Waals surface area contributed by atoms with Crippen molar-refractivity contribution in [2.24, 2.45) is 5.73 Å². The van der Waals surface area contributed by atoms with Gasteiger partial charge >= 0.3 is 5.97 Å². The predicted octanol–water partition coefficient (Wildman–Crippen LogP) is -1.13. The average Bonchev–Trinajstić information content (AvgIpc) is 2.24. The third-order valence-corrected chi connectivity index (χ3v) is 4.64. The molecule has 1 amide bonds. The highest BCUT2D eigenvalue weighted by Gasteiger charge is 2.27. The fourth-order valence-electron chi connectivity index (χ4n) is 1.85. The molecule has 104 valence electrons. The summed E-state index contributed by atoms with van der Waals surface area (Å²) in [7, 11) is -3.08. The number of carbonyl (C=O) groups is 2. The quantitative estimate of drug-likeness (QED) is 0.584. The molecular formula is C10H18N2O5S. The second kappa shape index (κ2) is 6.14. The van der Waals surface area contributed by atoms with Crippen molar-refractivity contribution in [3.8, 4) is 0 Å². The third kappa shape index (κ3) is 5.01. The van der Waals surface area contributed by atoms with E-state index in [2.05, 4.69) is 5.32 Å². The first-order valence-corrected chi connectivity index (χ1v) is 7.60. The van der Waals surface area contributed by atoms with Gasteiger partial charge in [-0.05, 0) is 19.3 Å². The summed E-state index contributed by atoms with van der Waals surface area (Å²) in [5, 5.41) is 11.0. The van der Waals surface area contributed by atoms with Crippen molar-refractivity contribution in [2.75, 3.05) is 11.5 Å². The fraction of sp³-hybridized carbons (Fsp3) is 0.800. The van der Waals surface area contributed by atoms with E-state index in [-0.39, 0.29) is 24.3 Å². The molecule has 1 heterocycles. The van der Waals surface area contributed by atoms with E-state index in [0.29, 0.717) is 12.8 Å². The van der Waals surface area contributed by atoms with Gasteiger partial charge in [-0.1, -0.05) is 0 Å². The highest BCUT2D eigenvalue weighted by Crippen LogP contribution is 2.12. The van der Waals surface area contributed by atoms with E-state index in [1.165, 1.54) is 0 Å². The molecule has 1 rings (SSSR count). The lowest BCUT2D eigenvalue weighted by atomic mass is 10.1. The number of rotatable bonds is 5. The molecule has 1 aliphatic heterocycles.